The summed E-state index contributed by atoms with van der Waals surface area (Å²) in [5, 5.41) is 9.14. The van der Waals surface area contributed by atoms with E-state index in [9.17, 15) is 0 Å². The number of nitrogens with zero attached hydrogens (tertiary/aromatic N) is 2. The summed E-state index contributed by atoms with van der Waals surface area (Å²) >= 11 is 0. The number of rotatable bonds is 18. The standard InChI is InChI=1S/C23H46N2O/c1-2-3-4-5-6-7-8-9-10-11-12-13-14-15-16-18-23-24-19-17-20-25(23)21-22-26/h26H,2-22H2,1H3. The van der Waals surface area contributed by atoms with Crippen LogP contribution < -0.4 is 0 Å². The molecule has 0 aromatic rings. The van der Waals surface area contributed by atoms with Crippen LogP contribution in [0.5, 0.6) is 0 Å². The molecule has 0 aromatic heterocycles. The largest absolute Gasteiger partial charge is 0.395 e. The van der Waals surface area contributed by atoms with Gasteiger partial charge in [0.25, 0.3) is 0 Å². The first-order valence-corrected chi connectivity index (χ1v) is 11.8. The molecule has 0 bridgehead atoms. The monoisotopic (exact) mass is 366 g/mol. The fraction of sp³-hybridized carbons (Fsp3) is 0.957. The zero-order valence-electron chi connectivity index (χ0n) is 17.7. The third-order valence-electron chi connectivity index (χ3n) is 5.62. The van der Waals surface area contributed by atoms with Crippen LogP contribution in [0.4, 0.5) is 0 Å². The van der Waals surface area contributed by atoms with Gasteiger partial charge in [0, 0.05) is 26.1 Å². The molecule has 0 fully saturated rings. The number of hydrogen-bond acceptors (Lipinski definition) is 3. The Balaban J connectivity index is 1.81. The average Bonchev–Trinajstić information content (AvgIpc) is 2.66. The Bertz CT molecular complexity index is 330. The van der Waals surface area contributed by atoms with Crippen molar-refractivity contribution in [1.29, 1.82) is 0 Å². The Labute approximate surface area is 163 Å². The number of aliphatic imine (C=N–C) groups is 1. The van der Waals surface area contributed by atoms with E-state index in [0.717, 1.165) is 32.5 Å². The first-order chi connectivity index (χ1) is 12.9. The van der Waals surface area contributed by atoms with E-state index >= 15 is 0 Å². The van der Waals surface area contributed by atoms with Gasteiger partial charge in [0.2, 0.25) is 0 Å². The van der Waals surface area contributed by atoms with Gasteiger partial charge in [-0.25, -0.2) is 0 Å². The highest BCUT2D eigenvalue weighted by Gasteiger charge is 2.13. The van der Waals surface area contributed by atoms with Crippen molar-refractivity contribution < 1.29 is 5.11 Å². The third-order valence-corrected chi connectivity index (χ3v) is 5.62. The number of amidine groups is 1. The van der Waals surface area contributed by atoms with Gasteiger partial charge in [-0.15, -0.1) is 0 Å². The lowest BCUT2D eigenvalue weighted by atomic mass is 10.0. The summed E-state index contributed by atoms with van der Waals surface area (Å²) in [7, 11) is 0. The van der Waals surface area contributed by atoms with E-state index in [-0.39, 0.29) is 6.61 Å². The predicted molar refractivity (Wildman–Crippen MR) is 115 cm³/mol. The SMILES string of the molecule is CCCCCCCCCCCCCCCCCC1=NCCCN1CCO. The molecule has 0 atom stereocenters. The lowest BCUT2D eigenvalue weighted by Crippen LogP contribution is -2.37. The highest BCUT2D eigenvalue weighted by atomic mass is 16.3. The van der Waals surface area contributed by atoms with Crippen molar-refractivity contribution >= 4 is 5.84 Å². The van der Waals surface area contributed by atoms with E-state index in [1.54, 1.807) is 0 Å². The summed E-state index contributed by atoms with van der Waals surface area (Å²) in [6.45, 7) is 5.36. The zero-order chi connectivity index (χ0) is 18.7. The summed E-state index contributed by atoms with van der Waals surface area (Å²) in [6.07, 6.45) is 23.5. The minimum atomic E-state index is 0.248. The molecule has 1 N–H and O–H groups in total. The summed E-state index contributed by atoms with van der Waals surface area (Å²) in [5.74, 6) is 1.25. The van der Waals surface area contributed by atoms with Crippen molar-refractivity contribution in [3.63, 3.8) is 0 Å². The highest BCUT2D eigenvalue weighted by Crippen LogP contribution is 2.15. The summed E-state index contributed by atoms with van der Waals surface area (Å²) in [6, 6.07) is 0. The second kappa shape index (κ2) is 17.8. The van der Waals surface area contributed by atoms with Gasteiger partial charge in [-0.05, 0) is 12.8 Å². The fourth-order valence-corrected chi connectivity index (χ4v) is 3.95. The second-order valence-electron chi connectivity index (χ2n) is 8.06. The molecule has 1 aliphatic heterocycles. The molecule has 0 saturated carbocycles. The van der Waals surface area contributed by atoms with Gasteiger partial charge in [0.1, 0.15) is 0 Å². The topological polar surface area (TPSA) is 35.8 Å². The van der Waals surface area contributed by atoms with Crippen LogP contribution in [-0.2, 0) is 0 Å². The van der Waals surface area contributed by atoms with Gasteiger partial charge in [0.05, 0.1) is 12.4 Å². The molecule has 1 aliphatic rings. The number of hydrogen-bond donors (Lipinski definition) is 1. The van der Waals surface area contributed by atoms with E-state index < -0.39 is 0 Å². The van der Waals surface area contributed by atoms with Crippen molar-refractivity contribution in [2.45, 2.75) is 116 Å². The first-order valence-electron chi connectivity index (χ1n) is 11.8. The maximum atomic E-state index is 9.14. The molecule has 0 saturated heterocycles. The van der Waals surface area contributed by atoms with Gasteiger partial charge in [-0.1, -0.05) is 96.8 Å². The van der Waals surface area contributed by atoms with Crippen LogP contribution in [0.1, 0.15) is 116 Å². The number of aliphatic hydroxyl groups excluding tert-OH is 1. The average molecular weight is 367 g/mol. The van der Waals surface area contributed by atoms with Crippen molar-refractivity contribution in [2.75, 3.05) is 26.2 Å². The molecule has 3 heteroatoms. The van der Waals surface area contributed by atoms with Gasteiger partial charge in [-0.3, -0.25) is 4.99 Å². The van der Waals surface area contributed by atoms with Crippen LogP contribution in [-0.4, -0.2) is 42.1 Å². The van der Waals surface area contributed by atoms with Crippen LogP contribution in [0.25, 0.3) is 0 Å². The Kier molecular flexibility index (Phi) is 16.1. The molecule has 0 aliphatic carbocycles. The molecule has 1 rings (SSSR count). The lowest BCUT2D eigenvalue weighted by molar-refractivity contribution is 0.243. The fourth-order valence-electron chi connectivity index (χ4n) is 3.95. The molecular weight excluding hydrogens is 320 g/mol. The quantitative estimate of drug-likeness (QED) is 0.287. The maximum absolute atomic E-state index is 9.14. The summed E-state index contributed by atoms with van der Waals surface area (Å²) in [4.78, 5) is 6.95. The molecule has 154 valence electrons. The number of unbranched alkanes of at least 4 members (excludes halogenated alkanes) is 14. The van der Waals surface area contributed by atoms with E-state index in [4.69, 9.17) is 5.11 Å². The smallest absolute Gasteiger partial charge is 0.0989 e. The Morgan fingerprint density at radius 2 is 1.27 bits per heavy atom. The first kappa shape index (κ1) is 23.5. The molecule has 26 heavy (non-hydrogen) atoms. The molecule has 1 heterocycles. The minimum absolute atomic E-state index is 0.248. The van der Waals surface area contributed by atoms with Gasteiger partial charge in [0.15, 0.2) is 0 Å². The predicted octanol–water partition coefficient (Wildman–Crippen LogP) is 6.34. The van der Waals surface area contributed by atoms with E-state index in [0.29, 0.717) is 0 Å². The van der Waals surface area contributed by atoms with Crippen molar-refractivity contribution in [3.8, 4) is 0 Å². The Morgan fingerprint density at radius 3 is 1.77 bits per heavy atom. The van der Waals surface area contributed by atoms with E-state index in [2.05, 4.69) is 16.8 Å². The Morgan fingerprint density at radius 1 is 0.769 bits per heavy atom. The van der Waals surface area contributed by atoms with Crippen LogP contribution in [0.2, 0.25) is 0 Å². The van der Waals surface area contributed by atoms with Crippen molar-refractivity contribution in [3.05, 3.63) is 0 Å². The van der Waals surface area contributed by atoms with Crippen LogP contribution >= 0.6 is 0 Å². The highest BCUT2D eigenvalue weighted by molar-refractivity contribution is 5.82. The lowest BCUT2D eigenvalue weighted by Gasteiger charge is -2.28. The van der Waals surface area contributed by atoms with Gasteiger partial charge in [-0.2, -0.15) is 0 Å². The van der Waals surface area contributed by atoms with E-state index in [1.165, 1.54) is 102 Å². The summed E-state index contributed by atoms with van der Waals surface area (Å²) in [5.41, 5.74) is 0. The van der Waals surface area contributed by atoms with Crippen LogP contribution in [0.3, 0.4) is 0 Å². The van der Waals surface area contributed by atoms with Crippen molar-refractivity contribution in [2.24, 2.45) is 4.99 Å². The molecular formula is C23H46N2O. The van der Waals surface area contributed by atoms with Gasteiger partial charge < -0.3 is 10.0 Å². The summed E-state index contributed by atoms with van der Waals surface area (Å²) < 4.78 is 0. The third kappa shape index (κ3) is 12.7. The normalized spacial score (nSPS) is 14.7. The Hall–Kier alpha value is -0.570. The molecule has 0 amide bonds. The van der Waals surface area contributed by atoms with Crippen LogP contribution in [0, 0.1) is 0 Å². The number of β-amino-alcohol motifs (C(OH)–C–C–N with tert-alkyl or cyclic N) is 1. The second-order valence-corrected chi connectivity index (χ2v) is 8.06. The molecule has 0 unspecified atom stereocenters. The molecule has 0 radical (unpaired) electrons. The molecule has 0 aromatic carbocycles. The van der Waals surface area contributed by atoms with Crippen molar-refractivity contribution in [1.82, 2.24) is 4.90 Å². The van der Waals surface area contributed by atoms with E-state index in [1.807, 2.05) is 0 Å². The molecule has 3 nitrogen and oxygen atoms in total. The molecule has 0 spiro atoms. The zero-order valence-corrected chi connectivity index (χ0v) is 17.7. The minimum Gasteiger partial charge on any atom is -0.395 e. The van der Waals surface area contributed by atoms with Crippen LogP contribution in [0.15, 0.2) is 4.99 Å². The van der Waals surface area contributed by atoms with Gasteiger partial charge >= 0.3 is 0 Å². The maximum Gasteiger partial charge on any atom is 0.0989 e. The number of aliphatic hydroxyl groups is 1.